The molecule has 18 heavy (non-hydrogen) atoms. The Bertz CT molecular complexity index is 392. The number of nitrogens with zero attached hydrogens (tertiary/aromatic N) is 3. The van der Waals surface area contributed by atoms with Crippen LogP contribution in [0.3, 0.4) is 0 Å². The Morgan fingerprint density at radius 3 is 3.17 bits per heavy atom. The molecule has 100 valence electrons. The van der Waals surface area contributed by atoms with E-state index < -0.39 is 0 Å². The Balaban J connectivity index is 1.70. The van der Waals surface area contributed by atoms with Gasteiger partial charge in [0.15, 0.2) is 0 Å². The average Bonchev–Trinajstić information content (AvgIpc) is 2.95. The van der Waals surface area contributed by atoms with Gasteiger partial charge in [0.05, 0.1) is 5.69 Å². The van der Waals surface area contributed by atoms with Gasteiger partial charge in [-0.05, 0) is 32.9 Å². The van der Waals surface area contributed by atoms with Crippen molar-refractivity contribution in [1.29, 1.82) is 0 Å². The highest BCUT2D eigenvalue weighted by Gasteiger charge is 2.30. The van der Waals surface area contributed by atoms with Gasteiger partial charge < -0.3 is 14.6 Å². The predicted octanol–water partition coefficient (Wildman–Crippen LogP) is 1.07. The number of fused-ring (bicyclic) bond motifs is 1. The monoisotopic (exact) mass is 250 g/mol. The average molecular weight is 250 g/mol. The lowest BCUT2D eigenvalue weighted by Crippen LogP contribution is -2.36. The molecule has 2 aliphatic heterocycles. The molecule has 0 aliphatic carbocycles. The molecule has 0 saturated carbocycles. The van der Waals surface area contributed by atoms with Crippen LogP contribution in [0.1, 0.15) is 25.0 Å². The van der Waals surface area contributed by atoms with Crippen LogP contribution >= 0.6 is 0 Å². The Kier molecular flexibility index (Phi) is 3.52. The van der Waals surface area contributed by atoms with Crippen LogP contribution < -0.4 is 10.2 Å². The summed E-state index contributed by atoms with van der Waals surface area (Å²) in [5.41, 5.74) is 0.986. The predicted molar refractivity (Wildman–Crippen MR) is 70.7 cm³/mol. The van der Waals surface area contributed by atoms with Crippen molar-refractivity contribution in [2.75, 3.05) is 38.1 Å². The van der Waals surface area contributed by atoms with Gasteiger partial charge in [-0.3, -0.25) is 4.90 Å². The molecule has 1 atom stereocenters. The lowest BCUT2D eigenvalue weighted by atomic mass is 10.2. The quantitative estimate of drug-likeness (QED) is 0.869. The standard InChI is InChI=1S/C13H22N4O/c1-14-8-11-10-18-13(15-11)17-7-3-6-16-5-2-4-12(16)9-17/h10,12,14H,2-9H2,1H3. The zero-order chi connectivity index (χ0) is 12.4. The fourth-order valence-corrected chi connectivity index (χ4v) is 3.08. The minimum Gasteiger partial charge on any atom is -0.432 e. The fraction of sp³-hybridized carbons (Fsp3) is 0.769. The van der Waals surface area contributed by atoms with E-state index in [0.29, 0.717) is 6.04 Å². The highest BCUT2D eigenvalue weighted by atomic mass is 16.4. The molecule has 0 spiro atoms. The zero-order valence-corrected chi connectivity index (χ0v) is 11.1. The van der Waals surface area contributed by atoms with Crippen molar-refractivity contribution in [3.05, 3.63) is 12.0 Å². The molecule has 5 nitrogen and oxygen atoms in total. The van der Waals surface area contributed by atoms with E-state index in [1.165, 1.54) is 32.4 Å². The topological polar surface area (TPSA) is 44.5 Å². The summed E-state index contributed by atoms with van der Waals surface area (Å²) in [5, 5.41) is 3.10. The normalized spacial score (nSPS) is 25.2. The van der Waals surface area contributed by atoms with E-state index in [1.54, 1.807) is 6.26 Å². The summed E-state index contributed by atoms with van der Waals surface area (Å²) in [6, 6.07) is 1.50. The van der Waals surface area contributed by atoms with E-state index in [9.17, 15) is 0 Å². The molecule has 0 aromatic carbocycles. The molecule has 3 rings (SSSR count). The first-order valence-corrected chi connectivity index (χ1v) is 6.95. The molecule has 0 bridgehead atoms. The fourth-order valence-electron chi connectivity index (χ4n) is 3.08. The Morgan fingerprint density at radius 1 is 1.39 bits per heavy atom. The van der Waals surface area contributed by atoms with Crippen LogP contribution in [0.2, 0.25) is 0 Å². The molecule has 1 aromatic heterocycles. The molecule has 2 aliphatic rings. The Hall–Kier alpha value is -1.07. The van der Waals surface area contributed by atoms with Crippen molar-refractivity contribution in [1.82, 2.24) is 15.2 Å². The lowest BCUT2D eigenvalue weighted by molar-refractivity contribution is 0.272. The highest BCUT2D eigenvalue weighted by Crippen LogP contribution is 2.24. The van der Waals surface area contributed by atoms with Crippen molar-refractivity contribution >= 4 is 6.01 Å². The number of rotatable bonds is 3. The smallest absolute Gasteiger partial charge is 0.297 e. The number of nitrogens with one attached hydrogen (secondary N) is 1. The van der Waals surface area contributed by atoms with Crippen molar-refractivity contribution in [2.24, 2.45) is 0 Å². The number of hydrogen-bond acceptors (Lipinski definition) is 5. The summed E-state index contributed by atoms with van der Waals surface area (Å²) in [6.45, 7) is 5.40. The van der Waals surface area contributed by atoms with Crippen LogP contribution in [0.5, 0.6) is 0 Å². The molecule has 1 N–H and O–H groups in total. The van der Waals surface area contributed by atoms with Crippen molar-refractivity contribution in [3.63, 3.8) is 0 Å². The van der Waals surface area contributed by atoms with Crippen LogP contribution in [0.15, 0.2) is 10.7 Å². The first kappa shape index (κ1) is 12.0. The SMILES string of the molecule is CNCc1coc(N2CCCN3CCCC3C2)n1. The highest BCUT2D eigenvalue weighted by molar-refractivity contribution is 5.28. The van der Waals surface area contributed by atoms with Gasteiger partial charge in [0.2, 0.25) is 0 Å². The second-order valence-corrected chi connectivity index (χ2v) is 5.28. The van der Waals surface area contributed by atoms with Crippen molar-refractivity contribution in [2.45, 2.75) is 31.8 Å². The molecule has 0 amide bonds. The molecule has 1 aromatic rings. The largest absolute Gasteiger partial charge is 0.432 e. The van der Waals surface area contributed by atoms with Crippen LogP contribution in [0.25, 0.3) is 0 Å². The third kappa shape index (κ3) is 2.37. The van der Waals surface area contributed by atoms with E-state index in [4.69, 9.17) is 4.42 Å². The number of oxazole rings is 1. The van der Waals surface area contributed by atoms with Crippen LogP contribution in [0, 0.1) is 0 Å². The third-order valence-electron chi connectivity index (χ3n) is 3.97. The van der Waals surface area contributed by atoms with Crippen molar-refractivity contribution in [3.8, 4) is 0 Å². The van der Waals surface area contributed by atoms with Gasteiger partial charge in [-0.25, -0.2) is 0 Å². The summed E-state index contributed by atoms with van der Waals surface area (Å²) in [4.78, 5) is 9.49. The summed E-state index contributed by atoms with van der Waals surface area (Å²) < 4.78 is 5.62. The maximum absolute atomic E-state index is 5.62. The maximum atomic E-state index is 5.62. The molecular weight excluding hydrogens is 228 g/mol. The third-order valence-corrected chi connectivity index (χ3v) is 3.97. The van der Waals surface area contributed by atoms with Gasteiger partial charge in [-0.1, -0.05) is 0 Å². The molecular formula is C13H22N4O. The van der Waals surface area contributed by atoms with E-state index in [2.05, 4.69) is 20.1 Å². The molecule has 3 heterocycles. The van der Waals surface area contributed by atoms with Crippen LogP contribution in [-0.2, 0) is 6.54 Å². The number of aromatic nitrogens is 1. The number of anilines is 1. The van der Waals surface area contributed by atoms with Gasteiger partial charge >= 0.3 is 0 Å². The van der Waals surface area contributed by atoms with Crippen LogP contribution in [0.4, 0.5) is 6.01 Å². The minimum atomic E-state index is 0.701. The summed E-state index contributed by atoms with van der Waals surface area (Å²) >= 11 is 0. The lowest BCUT2D eigenvalue weighted by Gasteiger charge is -2.24. The van der Waals surface area contributed by atoms with Gasteiger partial charge in [0, 0.05) is 32.2 Å². The zero-order valence-electron chi connectivity index (χ0n) is 11.1. The molecule has 0 radical (unpaired) electrons. The molecule has 2 saturated heterocycles. The number of hydrogen-bond donors (Lipinski definition) is 1. The summed E-state index contributed by atoms with van der Waals surface area (Å²) in [7, 11) is 1.93. The summed E-state index contributed by atoms with van der Waals surface area (Å²) in [6.07, 6.45) is 5.64. The van der Waals surface area contributed by atoms with Crippen LogP contribution in [-0.4, -0.2) is 49.2 Å². The van der Waals surface area contributed by atoms with E-state index >= 15 is 0 Å². The van der Waals surface area contributed by atoms with E-state index in [0.717, 1.165) is 31.3 Å². The molecule has 2 fully saturated rings. The first-order chi connectivity index (χ1) is 8.86. The van der Waals surface area contributed by atoms with E-state index in [-0.39, 0.29) is 0 Å². The second kappa shape index (κ2) is 5.28. The molecule has 5 heteroatoms. The summed E-state index contributed by atoms with van der Waals surface area (Å²) in [5.74, 6) is 0. The van der Waals surface area contributed by atoms with Gasteiger partial charge in [-0.15, -0.1) is 0 Å². The Labute approximate surface area is 108 Å². The first-order valence-electron chi connectivity index (χ1n) is 6.95. The molecule has 1 unspecified atom stereocenters. The van der Waals surface area contributed by atoms with Gasteiger partial charge in [0.1, 0.15) is 6.26 Å². The second-order valence-electron chi connectivity index (χ2n) is 5.28. The Morgan fingerprint density at radius 2 is 2.28 bits per heavy atom. The minimum absolute atomic E-state index is 0.701. The van der Waals surface area contributed by atoms with Gasteiger partial charge in [-0.2, -0.15) is 4.98 Å². The maximum Gasteiger partial charge on any atom is 0.297 e. The van der Waals surface area contributed by atoms with Gasteiger partial charge in [0.25, 0.3) is 6.01 Å². The van der Waals surface area contributed by atoms with E-state index in [1.807, 2.05) is 7.05 Å². The van der Waals surface area contributed by atoms with Crippen molar-refractivity contribution < 1.29 is 4.42 Å².